The maximum Gasteiger partial charge on any atom is 0.324 e. The topological polar surface area (TPSA) is 78.9 Å². The van der Waals surface area contributed by atoms with E-state index in [1.807, 2.05) is 48.5 Å². The van der Waals surface area contributed by atoms with Crippen molar-refractivity contribution in [1.82, 2.24) is 0 Å². The summed E-state index contributed by atoms with van der Waals surface area (Å²) in [7, 11) is 0. The van der Waals surface area contributed by atoms with E-state index in [1.165, 1.54) is 6.92 Å². The molecule has 40 heavy (non-hydrogen) atoms. The highest BCUT2D eigenvalue weighted by atomic mass is 16.6. The van der Waals surface area contributed by atoms with E-state index in [1.54, 1.807) is 13.8 Å². The molecule has 0 aliphatic heterocycles. The lowest BCUT2D eigenvalue weighted by atomic mass is 9.81. The van der Waals surface area contributed by atoms with Crippen molar-refractivity contribution in [3.63, 3.8) is 0 Å². The monoisotopic (exact) mass is 542 g/mol. The van der Waals surface area contributed by atoms with E-state index in [9.17, 15) is 14.4 Å². The highest BCUT2D eigenvalue weighted by Gasteiger charge is 2.54. The number of hydrogen-bond donors (Lipinski definition) is 0. The molecule has 6 heteroatoms. The fraction of sp³-hybridized carbons (Fsp3) is 0.382. The predicted octanol–water partition coefficient (Wildman–Crippen LogP) is 6.64. The molecule has 0 spiro atoms. The number of esters is 3. The van der Waals surface area contributed by atoms with Gasteiger partial charge in [-0.1, -0.05) is 74.0 Å². The molecular formula is C34H38O6. The average Bonchev–Trinajstić information content (AvgIpc) is 3.37. The fourth-order valence-corrected chi connectivity index (χ4v) is 5.80. The number of benzene rings is 3. The Hall–Kier alpha value is -3.93. The molecule has 0 amide bonds. The summed E-state index contributed by atoms with van der Waals surface area (Å²) in [6, 6.07) is 20.0. The third-order valence-electron chi connectivity index (χ3n) is 7.55. The number of fused-ring (bicyclic) bond motifs is 1. The number of hydrogen-bond acceptors (Lipinski definition) is 6. The molecule has 0 fully saturated rings. The fourth-order valence-electron chi connectivity index (χ4n) is 5.80. The van der Waals surface area contributed by atoms with E-state index < -0.39 is 17.4 Å². The Kier molecular flexibility index (Phi) is 9.41. The minimum absolute atomic E-state index is 0.0948. The van der Waals surface area contributed by atoms with Gasteiger partial charge >= 0.3 is 17.9 Å². The molecule has 4 rings (SSSR count). The number of carbonyl (C=O) groups excluding carboxylic acids is 3. The van der Waals surface area contributed by atoms with Crippen LogP contribution >= 0.6 is 0 Å². The molecule has 0 radical (unpaired) electrons. The van der Waals surface area contributed by atoms with Gasteiger partial charge in [0.05, 0.1) is 13.2 Å². The molecule has 3 aromatic carbocycles. The van der Waals surface area contributed by atoms with Gasteiger partial charge in [0, 0.05) is 25.3 Å². The van der Waals surface area contributed by atoms with Crippen molar-refractivity contribution >= 4 is 17.9 Å². The zero-order valence-electron chi connectivity index (χ0n) is 23.9. The summed E-state index contributed by atoms with van der Waals surface area (Å²) in [5.74, 6) is -1.51. The molecule has 0 atom stereocenters. The number of rotatable bonds is 11. The molecule has 3 aromatic rings. The van der Waals surface area contributed by atoms with E-state index in [2.05, 4.69) is 19.1 Å². The second-order valence-electron chi connectivity index (χ2n) is 10.2. The van der Waals surface area contributed by atoms with Gasteiger partial charge in [0.2, 0.25) is 0 Å². The zero-order valence-corrected chi connectivity index (χ0v) is 23.9. The van der Waals surface area contributed by atoms with Crippen LogP contribution in [-0.2, 0) is 54.5 Å². The molecule has 0 unspecified atom stereocenters. The Bertz CT molecular complexity index is 1340. The van der Waals surface area contributed by atoms with Gasteiger partial charge in [0.15, 0.2) is 5.41 Å². The van der Waals surface area contributed by atoms with E-state index in [4.69, 9.17) is 14.2 Å². The van der Waals surface area contributed by atoms with E-state index in [0.717, 1.165) is 63.8 Å². The van der Waals surface area contributed by atoms with Crippen LogP contribution in [0, 0.1) is 5.41 Å². The molecule has 210 valence electrons. The number of ether oxygens (including phenoxy) is 3. The third-order valence-corrected chi connectivity index (χ3v) is 7.55. The van der Waals surface area contributed by atoms with Crippen LogP contribution in [0.5, 0.6) is 0 Å². The first-order valence-electron chi connectivity index (χ1n) is 14.2. The molecule has 0 N–H and O–H groups in total. The van der Waals surface area contributed by atoms with Gasteiger partial charge in [-0.25, -0.2) is 0 Å². The average molecular weight is 543 g/mol. The minimum Gasteiger partial charge on any atom is -0.465 e. The van der Waals surface area contributed by atoms with Crippen LogP contribution in [-0.4, -0.2) is 31.1 Å². The summed E-state index contributed by atoms with van der Waals surface area (Å²) in [4.78, 5) is 39.3. The highest BCUT2D eigenvalue weighted by molar-refractivity contribution is 6.03. The zero-order chi connectivity index (χ0) is 28.7. The lowest BCUT2D eigenvalue weighted by Gasteiger charge is -2.24. The van der Waals surface area contributed by atoms with Crippen molar-refractivity contribution in [3.05, 3.63) is 82.9 Å². The SMILES string of the molecule is CCCCc1c(COC(C)=O)c(-c2ccccc2)c2c(c1-c1ccccc1)CC(C(=O)OCC)(C(=O)OCC)C2. The van der Waals surface area contributed by atoms with Gasteiger partial charge in [-0.3, -0.25) is 14.4 Å². The lowest BCUT2D eigenvalue weighted by Crippen LogP contribution is -2.43. The largest absolute Gasteiger partial charge is 0.465 e. The van der Waals surface area contributed by atoms with Crippen LogP contribution in [0.1, 0.15) is 62.8 Å². The lowest BCUT2D eigenvalue weighted by molar-refractivity contribution is -0.171. The summed E-state index contributed by atoms with van der Waals surface area (Å²) in [6.45, 7) is 7.45. The number of carbonyl (C=O) groups is 3. The standard InChI is InChI=1S/C34H38O6/c1-5-8-19-26-29(22-40-23(4)35)31(25-17-13-10-14-18-25)28-21-34(32(36)38-6-2,33(37)39-7-3)20-27(28)30(26)24-15-11-9-12-16-24/h9-18H,5-8,19-22H2,1-4H3. The molecule has 0 saturated heterocycles. The van der Waals surface area contributed by atoms with Crippen LogP contribution in [0.25, 0.3) is 22.3 Å². The summed E-state index contributed by atoms with van der Waals surface area (Å²) in [5.41, 5.74) is 6.20. The van der Waals surface area contributed by atoms with Crippen LogP contribution < -0.4 is 0 Å². The summed E-state index contributed by atoms with van der Waals surface area (Å²) < 4.78 is 16.7. The minimum atomic E-state index is -1.50. The second kappa shape index (κ2) is 12.9. The Morgan fingerprint density at radius 1 is 0.700 bits per heavy atom. The van der Waals surface area contributed by atoms with Crippen molar-refractivity contribution < 1.29 is 28.6 Å². The number of unbranched alkanes of at least 4 members (excludes halogenated alkanes) is 1. The molecule has 0 heterocycles. The predicted molar refractivity (Wildman–Crippen MR) is 155 cm³/mol. The summed E-state index contributed by atoms with van der Waals surface area (Å²) in [5, 5.41) is 0. The van der Waals surface area contributed by atoms with Crippen molar-refractivity contribution in [2.24, 2.45) is 5.41 Å². The first-order chi connectivity index (χ1) is 19.4. The van der Waals surface area contributed by atoms with E-state index >= 15 is 0 Å². The molecular weight excluding hydrogens is 504 g/mol. The Labute approximate surface area is 236 Å². The Balaban J connectivity index is 2.12. The van der Waals surface area contributed by atoms with Gasteiger partial charge in [-0.05, 0) is 65.6 Å². The van der Waals surface area contributed by atoms with Crippen LogP contribution in [0.15, 0.2) is 60.7 Å². The maximum absolute atomic E-state index is 13.6. The van der Waals surface area contributed by atoms with Crippen LogP contribution in [0.2, 0.25) is 0 Å². The van der Waals surface area contributed by atoms with Gasteiger partial charge in [-0.15, -0.1) is 0 Å². The smallest absolute Gasteiger partial charge is 0.324 e. The summed E-state index contributed by atoms with van der Waals surface area (Å²) in [6.07, 6.45) is 2.99. The highest BCUT2D eigenvalue weighted by Crippen LogP contribution is 2.50. The van der Waals surface area contributed by atoms with Crippen molar-refractivity contribution in [2.75, 3.05) is 13.2 Å². The molecule has 0 bridgehead atoms. The van der Waals surface area contributed by atoms with Gasteiger partial charge in [0.25, 0.3) is 0 Å². The maximum atomic E-state index is 13.6. The van der Waals surface area contributed by atoms with E-state index in [-0.39, 0.29) is 38.6 Å². The molecule has 6 nitrogen and oxygen atoms in total. The molecule has 1 aliphatic rings. The van der Waals surface area contributed by atoms with Crippen molar-refractivity contribution in [2.45, 2.75) is 66.4 Å². The van der Waals surface area contributed by atoms with Crippen LogP contribution in [0.3, 0.4) is 0 Å². The van der Waals surface area contributed by atoms with Gasteiger partial charge in [-0.2, -0.15) is 0 Å². The Morgan fingerprint density at radius 2 is 1.18 bits per heavy atom. The second-order valence-corrected chi connectivity index (χ2v) is 10.2. The normalized spacial score (nSPS) is 13.4. The molecule has 0 saturated carbocycles. The van der Waals surface area contributed by atoms with E-state index in [0.29, 0.717) is 0 Å². The summed E-state index contributed by atoms with van der Waals surface area (Å²) >= 11 is 0. The molecule has 0 aromatic heterocycles. The van der Waals surface area contributed by atoms with Gasteiger partial charge < -0.3 is 14.2 Å². The first-order valence-corrected chi connectivity index (χ1v) is 14.2. The molecule has 1 aliphatic carbocycles. The first kappa shape index (κ1) is 29.1. The Morgan fingerprint density at radius 3 is 1.60 bits per heavy atom. The van der Waals surface area contributed by atoms with Crippen molar-refractivity contribution in [1.29, 1.82) is 0 Å². The third kappa shape index (κ3) is 5.67. The quantitative estimate of drug-likeness (QED) is 0.154. The van der Waals surface area contributed by atoms with Crippen LogP contribution in [0.4, 0.5) is 0 Å². The van der Waals surface area contributed by atoms with Gasteiger partial charge in [0.1, 0.15) is 6.61 Å². The van der Waals surface area contributed by atoms with Crippen molar-refractivity contribution in [3.8, 4) is 22.3 Å².